The van der Waals surface area contributed by atoms with Gasteiger partial charge < -0.3 is 33.2 Å². The second kappa shape index (κ2) is 9.41. The van der Waals surface area contributed by atoms with Gasteiger partial charge in [0.25, 0.3) is 0 Å². The minimum atomic E-state index is -0.895. The lowest BCUT2D eigenvalue weighted by Gasteiger charge is -2.34. The lowest BCUT2D eigenvalue weighted by Crippen LogP contribution is -2.27. The SMILES string of the molecule is COc1cc(OC)c(C(C)(CC=O)c2c(OC)cc(OC)cc2OC)c(OC)c1. The van der Waals surface area contributed by atoms with Gasteiger partial charge in [-0.05, 0) is 0 Å². The second-order valence-electron chi connectivity index (χ2n) is 6.52. The van der Waals surface area contributed by atoms with Crippen molar-refractivity contribution < 1.29 is 33.2 Å². The first-order valence-corrected chi connectivity index (χ1v) is 8.98. The quantitative estimate of drug-likeness (QED) is 0.560. The van der Waals surface area contributed by atoms with Gasteiger partial charge in [-0.2, -0.15) is 0 Å². The molecule has 0 fully saturated rings. The van der Waals surface area contributed by atoms with Gasteiger partial charge in [-0.3, -0.25) is 0 Å². The number of hydrogen-bond acceptors (Lipinski definition) is 7. The van der Waals surface area contributed by atoms with Gasteiger partial charge in [0.05, 0.1) is 42.7 Å². The summed E-state index contributed by atoms with van der Waals surface area (Å²) in [5.74, 6) is 3.22. The van der Waals surface area contributed by atoms with Crippen LogP contribution in [0, 0.1) is 0 Å². The summed E-state index contributed by atoms with van der Waals surface area (Å²) in [6, 6.07) is 7.01. The van der Waals surface area contributed by atoms with Crippen molar-refractivity contribution in [2.45, 2.75) is 18.8 Å². The molecule has 0 saturated heterocycles. The Morgan fingerprint density at radius 3 is 1.17 bits per heavy atom. The van der Waals surface area contributed by atoms with E-state index in [1.54, 1.807) is 66.9 Å². The summed E-state index contributed by atoms with van der Waals surface area (Å²) in [7, 11) is 9.36. The first-order valence-electron chi connectivity index (χ1n) is 8.98. The van der Waals surface area contributed by atoms with Gasteiger partial charge >= 0.3 is 0 Å². The van der Waals surface area contributed by atoms with Crippen molar-refractivity contribution in [3.05, 3.63) is 35.4 Å². The molecule has 0 amide bonds. The van der Waals surface area contributed by atoms with Crippen molar-refractivity contribution in [3.8, 4) is 34.5 Å². The van der Waals surface area contributed by atoms with Crippen molar-refractivity contribution in [1.29, 1.82) is 0 Å². The number of rotatable bonds is 10. The Morgan fingerprint density at radius 1 is 0.655 bits per heavy atom. The highest BCUT2D eigenvalue weighted by molar-refractivity contribution is 5.68. The normalized spacial score (nSPS) is 10.9. The minimum absolute atomic E-state index is 0.130. The van der Waals surface area contributed by atoms with E-state index >= 15 is 0 Å². The molecule has 0 saturated carbocycles. The maximum Gasteiger partial charge on any atom is 0.130 e. The molecule has 7 nitrogen and oxygen atoms in total. The molecule has 0 aliphatic rings. The summed E-state index contributed by atoms with van der Waals surface area (Å²) in [4.78, 5) is 11.8. The van der Waals surface area contributed by atoms with Gasteiger partial charge in [0.15, 0.2) is 0 Å². The molecule has 0 heterocycles. The molecule has 2 rings (SSSR count). The van der Waals surface area contributed by atoms with E-state index in [2.05, 4.69) is 0 Å². The lowest BCUT2D eigenvalue weighted by molar-refractivity contribution is -0.108. The molecular formula is C22H28O7. The topological polar surface area (TPSA) is 72.5 Å². The molecule has 0 aromatic heterocycles. The predicted molar refractivity (Wildman–Crippen MR) is 109 cm³/mol. The first-order chi connectivity index (χ1) is 13.9. The van der Waals surface area contributed by atoms with Crippen LogP contribution in [0.1, 0.15) is 24.5 Å². The summed E-state index contributed by atoms with van der Waals surface area (Å²) >= 11 is 0. The first kappa shape index (κ1) is 22.2. The number of ether oxygens (including phenoxy) is 6. The van der Waals surface area contributed by atoms with Crippen LogP contribution in [0.25, 0.3) is 0 Å². The molecule has 0 aliphatic heterocycles. The Labute approximate surface area is 171 Å². The zero-order valence-electron chi connectivity index (χ0n) is 18.0. The molecule has 29 heavy (non-hydrogen) atoms. The Morgan fingerprint density at radius 2 is 0.966 bits per heavy atom. The molecular weight excluding hydrogens is 376 g/mol. The number of benzene rings is 2. The molecule has 0 N–H and O–H groups in total. The standard InChI is InChI=1S/C22H28O7/c1-22(8-9-23,20-16(26-4)10-14(24-2)11-17(20)27-5)21-18(28-6)12-15(25-3)13-19(21)29-7/h9-13H,8H2,1-7H3. The van der Waals surface area contributed by atoms with Crippen LogP contribution in [-0.2, 0) is 10.2 Å². The highest BCUT2D eigenvalue weighted by Crippen LogP contribution is 2.52. The molecule has 2 aromatic rings. The van der Waals surface area contributed by atoms with Crippen LogP contribution in [0.4, 0.5) is 0 Å². The van der Waals surface area contributed by atoms with E-state index in [9.17, 15) is 4.79 Å². The Balaban J connectivity index is 2.95. The summed E-state index contributed by atoms with van der Waals surface area (Å²) in [6.45, 7) is 1.92. The van der Waals surface area contributed by atoms with Crippen LogP contribution in [0.5, 0.6) is 34.5 Å². The summed E-state index contributed by atoms with van der Waals surface area (Å²) < 4.78 is 33.3. The molecule has 0 radical (unpaired) electrons. The fourth-order valence-corrected chi connectivity index (χ4v) is 3.59. The highest BCUT2D eigenvalue weighted by Gasteiger charge is 2.40. The van der Waals surface area contributed by atoms with Crippen LogP contribution in [0.3, 0.4) is 0 Å². The lowest BCUT2D eigenvalue weighted by atomic mass is 9.72. The van der Waals surface area contributed by atoms with Crippen LogP contribution >= 0.6 is 0 Å². The van der Waals surface area contributed by atoms with Crippen LogP contribution in [-0.4, -0.2) is 48.9 Å². The smallest absolute Gasteiger partial charge is 0.130 e. The van der Waals surface area contributed by atoms with Crippen molar-refractivity contribution in [3.63, 3.8) is 0 Å². The number of aldehydes is 1. The van der Waals surface area contributed by atoms with E-state index in [0.717, 1.165) is 6.29 Å². The largest absolute Gasteiger partial charge is 0.496 e. The van der Waals surface area contributed by atoms with E-state index < -0.39 is 5.41 Å². The van der Waals surface area contributed by atoms with Crippen LogP contribution in [0.15, 0.2) is 24.3 Å². The van der Waals surface area contributed by atoms with E-state index in [4.69, 9.17) is 28.4 Å². The van der Waals surface area contributed by atoms with Gasteiger partial charge in [0.2, 0.25) is 0 Å². The molecule has 7 heteroatoms. The summed E-state index contributed by atoms with van der Waals surface area (Å²) in [6.07, 6.45) is 0.983. The average Bonchev–Trinajstić information content (AvgIpc) is 2.76. The number of methoxy groups -OCH3 is 6. The van der Waals surface area contributed by atoms with Gasteiger partial charge in [-0.25, -0.2) is 0 Å². The van der Waals surface area contributed by atoms with E-state index in [1.807, 2.05) is 6.92 Å². The van der Waals surface area contributed by atoms with Gasteiger partial charge in [0, 0.05) is 47.2 Å². The molecule has 0 spiro atoms. The van der Waals surface area contributed by atoms with E-state index in [-0.39, 0.29) is 6.42 Å². The van der Waals surface area contributed by atoms with Gasteiger partial charge in [-0.1, -0.05) is 6.92 Å². The minimum Gasteiger partial charge on any atom is -0.496 e. The maximum atomic E-state index is 11.8. The van der Waals surface area contributed by atoms with Crippen molar-refractivity contribution in [2.75, 3.05) is 42.7 Å². The third-order valence-electron chi connectivity index (χ3n) is 5.03. The molecule has 2 aromatic carbocycles. The predicted octanol–water partition coefficient (Wildman–Crippen LogP) is 3.63. The van der Waals surface area contributed by atoms with Crippen LogP contribution < -0.4 is 28.4 Å². The third kappa shape index (κ3) is 4.04. The molecule has 158 valence electrons. The fraction of sp³-hybridized carbons (Fsp3) is 0.409. The van der Waals surface area contributed by atoms with Crippen molar-refractivity contribution >= 4 is 6.29 Å². The monoisotopic (exact) mass is 404 g/mol. The Kier molecular flexibility index (Phi) is 7.20. The van der Waals surface area contributed by atoms with Crippen molar-refractivity contribution in [2.24, 2.45) is 0 Å². The highest BCUT2D eigenvalue weighted by atomic mass is 16.5. The average molecular weight is 404 g/mol. The van der Waals surface area contributed by atoms with Crippen LogP contribution in [0.2, 0.25) is 0 Å². The zero-order chi connectivity index (χ0) is 21.6. The van der Waals surface area contributed by atoms with E-state index in [0.29, 0.717) is 45.6 Å². The van der Waals surface area contributed by atoms with E-state index in [1.165, 1.54) is 0 Å². The maximum absolute atomic E-state index is 11.8. The van der Waals surface area contributed by atoms with Gasteiger partial charge in [0.1, 0.15) is 40.8 Å². The Hall–Kier alpha value is -3.09. The fourth-order valence-electron chi connectivity index (χ4n) is 3.59. The number of carbonyl (C=O) groups excluding carboxylic acids is 1. The molecule has 0 bridgehead atoms. The molecule has 0 atom stereocenters. The molecule has 0 aliphatic carbocycles. The second-order valence-corrected chi connectivity index (χ2v) is 6.52. The third-order valence-corrected chi connectivity index (χ3v) is 5.03. The Bertz CT molecular complexity index is 747. The number of hydrogen-bond donors (Lipinski definition) is 0. The van der Waals surface area contributed by atoms with Gasteiger partial charge in [-0.15, -0.1) is 0 Å². The number of carbonyl (C=O) groups is 1. The summed E-state index contributed by atoms with van der Waals surface area (Å²) in [5, 5.41) is 0. The summed E-state index contributed by atoms with van der Waals surface area (Å²) in [5.41, 5.74) is 0.461. The molecule has 0 unspecified atom stereocenters. The zero-order valence-corrected chi connectivity index (χ0v) is 18.0. The van der Waals surface area contributed by atoms with Crippen molar-refractivity contribution in [1.82, 2.24) is 0 Å².